The van der Waals surface area contributed by atoms with Crippen LogP contribution in [0, 0.1) is 0 Å². The summed E-state index contributed by atoms with van der Waals surface area (Å²) in [5, 5.41) is 0. The number of hydrogen-bond acceptors (Lipinski definition) is 1. The van der Waals surface area contributed by atoms with Gasteiger partial charge in [-0.3, -0.25) is 4.90 Å². The van der Waals surface area contributed by atoms with Gasteiger partial charge in [0.05, 0.1) is 0 Å². The minimum atomic E-state index is 0.501. The lowest BCUT2D eigenvalue weighted by molar-refractivity contribution is 0.218. The van der Waals surface area contributed by atoms with E-state index in [1.807, 2.05) is 0 Å². The van der Waals surface area contributed by atoms with Crippen LogP contribution in [-0.2, 0) is 0 Å². The molecule has 1 aliphatic heterocycles. The molecule has 2 aromatic rings. The molecule has 1 nitrogen and oxygen atoms in total. The molecule has 1 aliphatic rings. The van der Waals surface area contributed by atoms with Crippen LogP contribution in [0.25, 0.3) is 0 Å². The molecule has 0 spiro atoms. The first-order chi connectivity index (χ1) is 9.86. The van der Waals surface area contributed by atoms with Crippen molar-refractivity contribution in [3.63, 3.8) is 0 Å². The summed E-state index contributed by atoms with van der Waals surface area (Å²) in [6.07, 6.45) is 2.68. The molecule has 0 aliphatic carbocycles. The quantitative estimate of drug-likeness (QED) is 0.779. The Balaban J connectivity index is 1.93. The SMILES string of the molecule is CC(c1ccccc1)[C@@H](c1ccccc1)N1CCCC1. The van der Waals surface area contributed by atoms with E-state index in [1.54, 1.807) is 0 Å². The van der Waals surface area contributed by atoms with E-state index in [4.69, 9.17) is 0 Å². The smallest absolute Gasteiger partial charge is 0.0413 e. The van der Waals surface area contributed by atoms with Crippen LogP contribution in [0.2, 0.25) is 0 Å². The van der Waals surface area contributed by atoms with Crippen molar-refractivity contribution in [3.05, 3.63) is 71.8 Å². The van der Waals surface area contributed by atoms with Crippen LogP contribution in [0.5, 0.6) is 0 Å². The molecule has 1 heteroatoms. The normalized spacial score (nSPS) is 18.9. The molecule has 0 amide bonds. The second-order valence-corrected chi connectivity index (χ2v) is 5.80. The lowest BCUT2D eigenvalue weighted by Crippen LogP contribution is -2.29. The molecule has 1 heterocycles. The van der Waals surface area contributed by atoms with Crippen molar-refractivity contribution in [2.45, 2.75) is 31.7 Å². The molecule has 0 aromatic heterocycles. The summed E-state index contributed by atoms with van der Waals surface area (Å²) in [7, 11) is 0. The first-order valence-electron chi connectivity index (χ1n) is 7.70. The zero-order valence-corrected chi connectivity index (χ0v) is 12.2. The molecule has 2 aromatic carbocycles. The second-order valence-electron chi connectivity index (χ2n) is 5.80. The van der Waals surface area contributed by atoms with Crippen LogP contribution in [0.4, 0.5) is 0 Å². The zero-order valence-electron chi connectivity index (χ0n) is 12.2. The van der Waals surface area contributed by atoms with Gasteiger partial charge in [-0.2, -0.15) is 0 Å². The van der Waals surface area contributed by atoms with Gasteiger partial charge in [0.25, 0.3) is 0 Å². The van der Waals surface area contributed by atoms with E-state index in [0.29, 0.717) is 12.0 Å². The maximum atomic E-state index is 2.66. The Morgan fingerprint density at radius 3 is 1.80 bits per heavy atom. The molecule has 1 unspecified atom stereocenters. The molecule has 3 rings (SSSR count). The largest absolute Gasteiger partial charge is 0.296 e. The average molecular weight is 265 g/mol. The molecule has 0 N–H and O–H groups in total. The average Bonchev–Trinajstić information content (AvgIpc) is 3.03. The first kappa shape index (κ1) is 13.4. The van der Waals surface area contributed by atoms with Gasteiger partial charge in [0.1, 0.15) is 0 Å². The molecule has 20 heavy (non-hydrogen) atoms. The van der Waals surface area contributed by atoms with Crippen molar-refractivity contribution in [2.75, 3.05) is 13.1 Å². The molecule has 0 saturated carbocycles. The second kappa shape index (κ2) is 6.23. The third-order valence-corrected chi connectivity index (χ3v) is 4.47. The van der Waals surface area contributed by atoms with Crippen molar-refractivity contribution < 1.29 is 0 Å². The van der Waals surface area contributed by atoms with Crippen LogP contribution < -0.4 is 0 Å². The number of likely N-dealkylation sites (tertiary alicyclic amines) is 1. The van der Waals surface area contributed by atoms with Crippen molar-refractivity contribution in [3.8, 4) is 0 Å². The Labute approximate surface area is 122 Å². The third-order valence-electron chi connectivity index (χ3n) is 4.47. The Kier molecular flexibility index (Phi) is 4.17. The van der Waals surface area contributed by atoms with E-state index < -0.39 is 0 Å². The van der Waals surface area contributed by atoms with Crippen LogP contribution in [0.15, 0.2) is 60.7 Å². The number of rotatable bonds is 4. The van der Waals surface area contributed by atoms with Crippen LogP contribution in [0.1, 0.15) is 42.9 Å². The maximum absolute atomic E-state index is 2.66. The third kappa shape index (κ3) is 2.78. The minimum Gasteiger partial charge on any atom is -0.296 e. The highest BCUT2D eigenvalue weighted by Gasteiger charge is 2.28. The van der Waals surface area contributed by atoms with E-state index in [2.05, 4.69) is 72.5 Å². The van der Waals surface area contributed by atoms with E-state index in [1.165, 1.54) is 37.1 Å². The van der Waals surface area contributed by atoms with Gasteiger partial charge in [0.15, 0.2) is 0 Å². The number of nitrogens with zero attached hydrogens (tertiary/aromatic N) is 1. The van der Waals surface area contributed by atoms with Crippen molar-refractivity contribution in [1.82, 2.24) is 4.90 Å². The molecule has 0 bridgehead atoms. The van der Waals surface area contributed by atoms with Gasteiger partial charge < -0.3 is 0 Å². The lowest BCUT2D eigenvalue weighted by atomic mass is 9.87. The summed E-state index contributed by atoms with van der Waals surface area (Å²) >= 11 is 0. The lowest BCUT2D eigenvalue weighted by Gasteiger charge is -2.33. The van der Waals surface area contributed by atoms with Gasteiger partial charge in [0.2, 0.25) is 0 Å². The van der Waals surface area contributed by atoms with Gasteiger partial charge in [-0.25, -0.2) is 0 Å². The van der Waals surface area contributed by atoms with Gasteiger partial charge in [-0.1, -0.05) is 67.6 Å². The molecule has 104 valence electrons. The van der Waals surface area contributed by atoms with Gasteiger partial charge in [-0.05, 0) is 37.1 Å². The molecular formula is C19H23N. The summed E-state index contributed by atoms with van der Waals surface area (Å²) in [5.74, 6) is 0.525. The standard InChI is InChI=1S/C19H23N/c1-16(17-10-4-2-5-11-17)19(20-14-8-9-15-20)18-12-6-3-7-13-18/h2-7,10-13,16,19H,8-9,14-15H2,1H3/t16?,19-/m0/s1. The highest BCUT2D eigenvalue weighted by molar-refractivity contribution is 5.27. The number of benzene rings is 2. The maximum Gasteiger partial charge on any atom is 0.0413 e. The summed E-state index contributed by atoms with van der Waals surface area (Å²) < 4.78 is 0. The van der Waals surface area contributed by atoms with E-state index in [9.17, 15) is 0 Å². The monoisotopic (exact) mass is 265 g/mol. The van der Waals surface area contributed by atoms with Crippen LogP contribution >= 0.6 is 0 Å². The Bertz CT molecular complexity index is 514. The Hall–Kier alpha value is -1.60. The Morgan fingerprint density at radius 1 is 0.750 bits per heavy atom. The van der Waals surface area contributed by atoms with Gasteiger partial charge >= 0.3 is 0 Å². The summed E-state index contributed by atoms with van der Waals surface area (Å²) in [6.45, 7) is 4.83. The highest BCUT2D eigenvalue weighted by Crippen LogP contribution is 2.37. The molecule has 1 saturated heterocycles. The van der Waals surface area contributed by atoms with Gasteiger partial charge in [-0.15, -0.1) is 0 Å². The zero-order chi connectivity index (χ0) is 13.8. The summed E-state index contributed by atoms with van der Waals surface area (Å²) in [6, 6.07) is 22.4. The fourth-order valence-electron chi connectivity index (χ4n) is 3.42. The van der Waals surface area contributed by atoms with E-state index >= 15 is 0 Å². The van der Waals surface area contributed by atoms with Crippen molar-refractivity contribution in [2.24, 2.45) is 0 Å². The molecule has 2 atom stereocenters. The fourth-order valence-corrected chi connectivity index (χ4v) is 3.42. The van der Waals surface area contributed by atoms with Crippen molar-refractivity contribution >= 4 is 0 Å². The van der Waals surface area contributed by atoms with E-state index in [-0.39, 0.29) is 0 Å². The summed E-state index contributed by atoms with van der Waals surface area (Å²) in [5.41, 5.74) is 2.89. The van der Waals surface area contributed by atoms with Crippen LogP contribution in [-0.4, -0.2) is 18.0 Å². The summed E-state index contributed by atoms with van der Waals surface area (Å²) in [4.78, 5) is 2.66. The molecule has 1 fully saturated rings. The van der Waals surface area contributed by atoms with E-state index in [0.717, 1.165) is 0 Å². The fraction of sp³-hybridized carbons (Fsp3) is 0.368. The number of hydrogen-bond donors (Lipinski definition) is 0. The topological polar surface area (TPSA) is 3.24 Å². The molecular weight excluding hydrogens is 242 g/mol. The van der Waals surface area contributed by atoms with Crippen molar-refractivity contribution in [1.29, 1.82) is 0 Å². The molecule has 0 radical (unpaired) electrons. The van der Waals surface area contributed by atoms with Gasteiger partial charge in [0, 0.05) is 12.0 Å². The minimum absolute atomic E-state index is 0.501. The predicted molar refractivity (Wildman–Crippen MR) is 84.8 cm³/mol. The van der Waals surface area contributed by atoms with Crippen LogP contribution in [0.3, 0.4) is 0 Å². The predicted octanol–water partition coefficient (Wildman–Crippen LogP) is 4.63. The first-order valence-corrected chi connectivity index (χ1v) is 7.70. The highest BCUT2D eigenvalue weighted by atomic mass is 15.2. The Morgan fingerprint density at radius 2 is 1.25 bits per heavy atom.